The first-order valence-corrected chi connectivity index (χ1v) is 6.77. The lowest BCUT2D eigenvalue weighted by atomic mass is 9.94. The van der Waals surface area contributed by atoms with E-state index < -0.39 is 11.6 Å². The highest BCUT2D eigenvalue weighted by atomic mass is 16.4. The summed E-state index contributed by atoms with van der Waals surface area (Å²) < 4.78 is 0. The molecule has 0 aromatic rings. The maximum absolute atomic E-state index is 10.3. The zero-order chi connectivity index (χ0) is 12.6. The summed E-state index contributed by atoms with van der Waals surface area (Å²) in [7, 11) is 0. The molecule has 0 saturated heterocycles. The van der Waals surface area contributed by atoms with Gasteiger partial charge in [0.1, 0.15) is 0 Å². The number of nitrogens with one attached hydrogen (secondary N) is 1. The summed E-state index contributed by atoms with van der Waals surface area (Å²) >= 11 is 0. The largest absolute Gasteiger partial charge is 0.481 e. The SMILES string of the molecule is O=C(O)CCCCNCC1(O)CCCCCC1. The van der Waals surface area contributed by atoms with E-state index in [2.05, 4.69) is 5.32 Å². The summed E-state index contributed by atoms with van der Waals surface area (Å²) in [5.41, 5.74) is -0.525. The van der Waals surface area contributed by atoms with Gasteiger partial charge in [-0.2, -0.15) is 0 Å². The topological polar surface area (TPSA) is 69.6 Å². The third-order valence-electron chi connectivity index (χ3n) is 3.48. The third kappa shape index (κ3) is 6.64. The number of hydrogen-bond donors (Lipinski definition) is 3. The van der Waals surface area contributed by atoms with E-state index in [1.54, 1.807) is 0 Å². The van der Waals surface area contributed by atoms with E-state index in [4.69, 9.17) is 5.11 Å². The second kappa shape index (κ2) is 7.67. The van der Waals surface area contributed by atoms with E-state index >= 15 is 0 Å². The summed E-state index contributed by atoms with van der Waals surface area (Å²) in [6.07, 6.45) is 8.33. The van der Waals surface area contributed by atoms with Crippen molar-refractivity contribution in [3.8, 4) is 0 Å². The van der Waals surface area contributed by atoms with Crippen LogP contribution in [0.25, 0.3) is 0 Å². The number of carboxylic acid groups (broad SMARTS) is 1. The molecule has 100 valence electrons. The van der Waals surface area contributed by atoms with Gasteiger partial charge in [0.05, 0.1) is 5.60 Å². The van der Waals surface area contributed by atoms with Crippen molar-refractivity contribution >= 4 is 5.97 Å². The number of unbranched alkanes of at least 4 members (excludes halogenated alkanes) is 1. The summed E-state index contributed by atoms with van der Waals surface area (Å²) in [4.78, 5) is 10.3. The third-order valence-corrected chi connectivity index (χ3v) is 3.48. The fourth-order valence-electron chi connectivity index (χ4n) is 2.41. The molecule has 0 unspecified atom stereocenters. The molecule has 4 nitrogen and oxygen atoms in total. The van der Waals surface area contributed by atoms with E-state index in [0.717, 1.165) is 38.6 Å². The van der Waals surface area contributed by atoms with Gasteiger partial charge >= 0.3 is 5.97 Å². The lowest BCUT2D eigenvalue weighted by molar-refractivity contribution is -0.137. The Labute approximate surface area is 103 Å². The minimum atomic E-state index is -0.729. The van der Waals surface area contributed by atoms with Crippen molar-refractivity contribution in [1.82, 2.24) is 5.32 Å². The average molecular weight is 243 g/mol. The van der Waals surface area contributed by atoms with Crippen molar-refractivity contribution in [2.45, 2.75) is 63.4 Å². The van der Waals surface area contributed by atoms with Crippen LogP contribution in [0.15, 0.2) is 0 Å². The highest BCUT2D eigenvalue weighted by molar-refractivity contribution is 5.66. The molecule has 4 heteroatoms. The van der Waals surface area contributed by atoms with Gasteiger partial charge in [-0.3, -0.25) is 4.79 Å². The van der Waals surface area contributed by atoms with Crippen LogP contribution in [0, 0.1) is 0 Å². The second-order valence-electron chi connectivity index (χ2n) is 5.17. The van der Waals surface area contributed by atoms with E-state index in [0.29, 0.717) is 13.0 Å². The first kappa shape index (κ1) is 14.5. The molecule has 0 aromatic carbocycles. The predicted octanol–water partition coefficient (Wildman–Crippen LogP) is 1.92. The highest BCUT2D eigenvalue weighted by Crippen LogP contribution is 2.26. The monoisotopic (exact) mass is 243 g/mol. The van der Waals surface area contributed by atoms with Gasteiger partial charge in [0.25, 0.3) is 0 Å². The smallest absolute Gasteiger partial charge is 0.303 e. The molecule has 1 fully saturated rings. The lowest BCUT2D eigenvalue weighted by Crippen LogP contribution is -2.40. The first-order valence-electron chi connectivity index (χ1n) is 6.77. The zero-order valence-corrected chi connectivity index (χ0v) is 10.6. The number of aliphatic carboxylic acids is 1. The van der Waals surface area contributed by atoms with Crippen LogP contribution in [0.5, 0.6) is 0 Å². The standard InChI is InChI=1S/C13H25NO3/c15-12(16)7-3-6-10-14-11-13(17)8-4-1-2-5-9-13/h14,17H,1-11H2,(H,15,16). The normalized spacial score (nSPS) is 19.8. The summed E-state index contributed by atoms with van der Waals surface area (Å²) in [6, 6.07) is 0. The molecular formula is C13H25NO3. The predicted molar refractivity (Wildman–Crippen MR) is 67.0 cm³/mol. The van der Waals surface area contributed by atoms with Crippen LogP contribution in [-0.2, 0) is 4.79 Å². The van der Waals surface area contributed by atoms with Gasteiger partial charge in [0.15, 0.2) is 0 Å². The Morgan fingerprint density at radius 3 is 2.35 bits per heavy atom. The van der Waals surface area contributed by atoms with Crippen LogP contribution in [0.2, 0.25) is 0 Å². The Balaban J connectivity index is 2.06. The fraction of sp³-hybridized carbons (Fsp3) is 0.923. The van der Waals surface area contributed by atoms with Gasteiger partial charge in [-0.05, 0) is 32.2 Å². The van der Waals surface area contributed by atoms with Crippen molar-refractivity contribution in [1.29, 1.82) is 0 Å². The molecule has 1 saturated carbocycles. The van der Waals surface area contributed by atoms with Crippen molar-refractivity contribution < 1.29 is 15.0 Å². The summed E-state index contributed by atoms with van der Waals surface area (Å²) in [6.45, 7) is 1.45. The minimum Gasteiger partial charge on any atom is -0.481 e. The lowest BCUT2D eigenvalue weighted by Gasteiger charge is -2.26. The molecule has 3 N–H and O–H groups in total. The van der Waals surface area contributed by atoms with Gasteiger partial charge < -0.3 is 15.5 Å². The highest BCUT2D eigenvalue weighted by Gasteiger charge is 2.26. The van der Waals surface area contributed by atoms with Crippen LogP contribution in [-0.4, -0.2) is 34.9 Å². The van der Waals surface area contributed by atoms with Crippen molar-refractivity contribution in [3.05, 3.63) is 0 Å². The number of carboxylic acids is 1. The van der Waals surface area contributed by atoms with E-state index in [9.17, 15) is 9.90 Å². The van der Waals surface area contributed by atoms with Crippen molar-refractivity contribution in [3.63, 3.8) is 0 Å². The van der Waals surface area contributed by atoms with Gasteiger partial charge in [0, 0.05) is 13.0 Å². The van der Waals surface area contributed by atoms with Crippen LogP contribution >= 0.6 is 0 Å². The Morgan fingerprint density at radius 1 is 1.12 bits per heavy atom. The van der Waals surface area contributed by atoms with E-state index in [1.165, 1.54) is 12.8 Å². The average Bonchev–Trinajstić information content (AvgIpc) is 2.48. The van der Waals surface area contributed by atoms with Crippen LogP contribution in [0.4, 0.5) is 0 Å². The van der Waals surface area contributed by atoms with Crippen molar-refractivity contribution in [2.24, 2.45) is 0 Å². The molecule has 0 amide bonds. The molecule has 0 atom stereocenters. The Kier molecular flexibility index (Phi) is 6.52. The summed E-state index contributed by atoms with van der Waals surface area (Å²) in [5.74, 6) is -0.729. The molecule has 0 aromatic heterocycles. The molecule has 0 heterocycles. The second-order valence-corrected chi connectivity index (χ2v) is 5.17. The van der Waals surface area contributed by atoms with Gasteiger partial charge in [0.2, 0.25) is 0 Å². The first-order chi connectivity index (χ1) is 8.12. The molecule has 1 aliphatic rings. The van der Waals surface area contributed by atoms with Gasteiger partial charge in [-0.25, -0.2) is 0 Å². The molecule has 0 aliphatic heterocycles. The molecule has 1 rings (SSSR count). The summed E-state index contributed by atoms with van der Waals surface area (Å²) in [5, 5.41) is 22.1. The number of carbonyl (C=O) groups is 1. The zero-order valence-electron chi connectivity index (χ0n) is 10.6. The number of rotatable bonds is 7. The molecule has 1 aliphatic carbocycles. The van der Waals surface area contributed by atoms with Gasteiger partial charge in [-0.15, -0.1) is 0 Å². The minimum absolute atomic E-state index is 0.242. The van der Waals surface area contributed by atoms with Crippen LogP contribution < -0.4 is 5.32 Å². The maximum atomic E-state index is 10.3. The van der Waals surface area contributed by atoms with Crippen molar-refractivity contribution in [2.75, 3.05) is 13.1 Å². The number of hydrogen-bond acceptors (Lipinski definition) is 3. The van der Waals surface area contributed by atoms with E-state index in [-0.39, 0.29) is 6.42 Å². The van der Waals surface area contributed by atoms with Crippen LogP contribution in [0.3, 0.4) is 0 Å². The van der Waals surface area contributed by atoms with E-state index in [1.807, 2.05) is 0 Å². The van der Waals surface area contributed by atoms with Gasteiger partial charge in [-0.1, -0.05) is 25.7 Å². The maximum Gasteiger partial charge on any atom is 0.303 e. The molecule has 0 spiro atoms. The fourth-order valence-corrected chi connectivity index (χ4v) is 2.41. The molecule has 0 radical (unpaired) electrons. The molecular weight excluding hydrogens is 218 g/mol. The van der Waals surface area contributed by atoms with Crippen LogP contribution in [0.1, 0.15) is 57.8 Å². The Bertz CT molecular complexity index is 223. The Hall–Kier alpha value is -0.610. The molecule has 17 heavy (non-hydrogen) atoms. The quantitative estimate of drug-likeness (QED) is 0.472. The number of aliphatic hydroxyl groups is 1. The molecule has 0 bridgehead atoms. The Morgan fingerprint density at radius 2 is 1.76 bits per heavy atom.